The van der Waals surface area contributed by atoms with Crippen molar-refractivity contribution in [3.63, 3.8) is 0 Å². The zero-order valence-corrected chi connectivity index (χ0v) is 13.9. The summed E-state index contributed by atoms with van der Waals surface area (Å²) in [6.45, 7) is 3.80. The molecule has 0 unspecified atom stereocenters. The van der Waals surface area contributed by atoms with Gasteiger partial charge in [0.25, 0.3) is 5.91 Å². The SMILES string of the molecule is Cc1nc(-c2ccc(Cl)cc2)sc1C(=O)NC1CCNCC1. The van der Waals surface area contributed by atoms with Crippen molar-refractivity contribution in [2.75, 3.05) is 13.1 Å². The van der Waals surface area contributed by atoms with Crippen LogP contribution in [0.15, 0.2) is 24.3 Å². The Morgan fingerprint density at radius 3 is 2.68 bits per heavy atom. The molecule has 4 nitrogen and oxygen atoms in total. The van der Waals surface area contributed by atoms with Crippen molar-refractivity contribution in [1.29, 1.82) is 0 Å². The number of nitrogens with one attached hydrogen (secondary N) is 2. The molecule has 3 rings (SSSR count). The summed E-state index contributed by atoms with van der Waals surface area (Å²) in [5.74, 6) is -0.0119. The molecule has 0 spiro atoms. The summed E-state index contributed by atoms with van der Waals surface area (Å²) in [5, 5.41) is 7.96. The fourth-order valence-electron chi connectivity index (χ4n) is 2.54. The van der Waals surface area contributed by atoms with Crippen LogP contribution in [0, 0.1) is 6.92 Å². The molecule has 1 amide bonds. The Balaban J connectivity index is 1.76. The van der Waals surface area contributed by atoms with Crippen LogP contribution in [0.3, 0.4) is 0 Å². The van der Waals surface area contributed by atoms with E-state index in [4.69, 9.17) is 11.6 Å². The number of nitrogens with zero attached hydrogens (tertiary/aromatic N) is 1. The Labute approximate surface area is 138 Å². The van der Waals surface area contributed by atoms with Crippen molar-refractivity contribution in [1.82, 2.24) is 15.6 Å². The molecular weight excluding hydrogens is 318 g/mol. The molecule has 0 bridgehead atoms. The molecule has 0 atom stereocenters. The van der Waals surface area contributed by atoms with Crippen molar-refractivity contribution in [2.24, 2.45) is 0 Å². The maximum atomic E-state index is 12.5. The Bertz CT molecular complexity index is 663. The predicted octanol–water partition coefficient (Wildman–Crippen LogP) is 3.25. The predicted molar refractivity (Wildman–Crippen MR) is 90.7 cm³/mol. The summed E-state index contributed by atoms with van der Waals surface area (Å²) in [4.78, 5) is 17.7. The molecule has 22 heavy (non-hydrogen) atoms. The van der Waals surface area contributed by atoms with Crippen LogP contribution in [0.25, 0.3) is 10.6 Å². The average molecular weight is 336 g/mol. The maximum absolute atomic E-state index is 12.5. The third-order valence-electron chi connectivity index (χ3n) is 3.77. The van der Waals surface area contributed by atoms with E-state index in [-0.39, 0.29) is 11.9 Å². The monoisotopic (exact) mass is 335 g/mol. The molecule has 1 aliphatic heterocycles. The van der Waals surface area contributed by atoms with Gasteiger partial charge in [-0.3, -0.25) is 4.79 Å². The summed E-state index contributed by atoms with van der Waals surface area (Å²) in [6.07, 6.45) is 1.96. The molecule has 1 aromatic carbocycles. The van der Waals surface area contributed by atoms with Gasteiger partial charge in [0, 0.05) is 16.6 Å². The molecule has 2 N–H and O–H groups in total. The normalized spacial score (nSPS) is 15.7. The second-order valence-electron chi connectivity index (χ2n) is 5.44. The molecule has 0 saturated carbocycles. The van der Waals surface area contributed by atoms with Crippen LogP contribution in [0.2, 0.25) is 5.02 Å². The van der Waals surface area contributed by atoms with Gasteiger partial charge in [0.15, 0.2) is 0 Å². The quantitative estimate of drug-likeness (QED) is 0.905. The highest BCUT2D eigenvalue weighted by molar-refractivity contribution is 7.17. The first-order chi connectivity index (χ1) is 10.6. The lowest BCUT2D eigenvalue weighted by Gasteiger charge is -2.23. The van der Waals surface area contributed by atoms with E-state index in [0.29, 0.717) is 9.90 Å². The van der Waals surface area contributed by atoms with Crippen molar-refractivity contribution >= 4 is 28.8 Å². The van der Waals surface area contributed by atoms with Gasteiger partial charge in [-0.1, -0.05) is 23.7 Å². The van der Waals surface area contributed by atoms with Crippen LogP contribution in [-0.4, -0.2) is 30.0 Å². The van der Waals surface area contributed by atoms with Crippen molar-refractivity contribution in [2.45, 2.75) is 25.8 Å². The number of carbonyl (C=O) groups excluding carboxylic acids is 1. The fraction of sp³-hybridized carbons (Fsp3) is 0.375. The molecular formula is C16H18ClN3OS. The second-order valence-corrected chi connectivity index (χ2v) is 6.87. The van der Waals surface area contributed by atoms with Gasteiger partial charge < -0.3 is 10.6 Å². The minimum absolute atomic E-state index is 0.0119. The zero-order chi connectivity index (χ0) is 15.5. The standard InChI is InChI=1S/C16H18ClN3OS/c1-10-14(15(21)20-13-6-8-18-9-7-13)22-16(19-10)11-2-4-12(17)5-3-11/h2-5,13,18H,6-9H2,1H3,(H,20,21). The van der Waals surface area contributed by atoms with E-state index in [1.807, 2.05) is 31.2 Å². The number of halogens is 1. The van der Waals surface area contributed by atoms with Gasteiger partial charge in [-0.25, -0.2) is 4.98 Å². The van der Waals surface area contributed by atoms with Gasteiger partial charge in [-0.15, -0.1) is 11.3 Å². The first kappa shape index (κ1) is 15.5. The van der Waals surface area contributed by atoms with Gasteiger partial charge in [0.1, 0.15) is 9.88 Å². The number of thiazole rings is 1. The van der Waals surface area contributed by atoms with E-state index in [2.05, 4.69) is 15.6 Å². The maximum Gasteiger partial charge on any atom is 0.263 e. The third-order valence-corrected chi connectivity index (χ3v) is 5.23. The molecule has 116 valence electrons. The van der Waals surface area contributed by atoms with E-state index >= 15 is 0 Å². The summed E-state index contributed by atoms with van der Waals surface area (Å²) in [5.41, 5.74) is 1.76. The van der Waals surface area contributed by atoms with Crippen LogP contribution < -0.4 is 10.6 Å². The lowest BCUT2D eigenvalue weighted by atomic mass is 10.1. The van der Waals surface area contributed by atoms with E-state index in [1.54, 1.807) is 0 Å². The minimum atomic E-state index is -0.0119. The molecule has 1 saturated heterocycles. The van der Waals surface area contributed by atoms with Crippen LogP contribution in [0.5, 0.6) is 0 Å². The lowest BCUT2D eigenvalue weighted by Crippen LogP contribution is -2.42. The van der Waals surface area contributed by atoms with E-state index in [9.17, 15) is 4.79 Å². The summed E-state index contributed by atoms with van der Waals surface area (Å²) in [7, 11) is 0. The van der Waals surface area contributed by atoms with Crippen molar-refractivity contribution in [3.05, 3.63) is 39.9 Å². The number of benzene rings is 1. The van der Waals surface area contributed by atoms with E-state index in [0.717, 1.165) is 42.2 Å². The molecule has 1 fully saturated rings. The molecule has 2 aromatic rings. The first-order valence-corrected chi connectivity index (χ1v) is 8.58. The third kappa shape index (κ3) is 3.48. The summed E-state index contributed by atoms with van der Waals surface area (Å²) < 4.78 is 0. The Morgan fingerprint density at radius 1 is 1.32 bits per heavy atom. The molecule has 0 aliphatic carbocycles. The number of piperidine rings is 1. The molecule has 2 heterocycles. The number of rotatable bonds is 3. The Hall–Kier alpha value is -1.43. The first-order valence-electron chi connectivity index (χ1n) is 7.38. The fourth-order valence-corrected chi connectivity index (χ4v) is 3.64. The van der Waals surface area contributed by atoms with Gasteiger partial charge >= 0.3 is 0 Å². The highest BCUT2D eigenvalue weighted by Crippen LogP contribution is 2.29. The lowest BCUT2D eigenvalue weighted by molar-refractivity contribution is 0.0933. The van der Waals surface area contributed by atoms with Gasteiger partial charge in [-0.2, -0.15) is 0 Å². The van der Waals surface area contributed by atoms with Gasteiger partial charge in [-0.05, 0) is 45.0 Å². The smallest absolute Gasteiger partial charge is 0.263 e. The van der Waals surface area contributed by atoms with Crippen LogP contribution in [0.4, 0.5) is 0 Å². The number of hydrogen-bond donors (Lipinski definition) is 2. The highest BCUT2D eigenvalue weighted by Gasteiger charge is 2.20. The Kier molecular flexibility index (Phi) is 4.76. The Morgan fingerprint density at radius 2 is 2.00 bits per heavy atom. The van der Waals surface area contributed by atoms with Crippen LogP contribution in [0.1, 0.15) is 28.2 Å². The highest BCUT2D eigenvalue weighted by atomic mass is 35.5. The summed E-state index contributed by atoms with van der Waals surface area (Å²) in [6, 6.07) is 7.78. The topological polar surface area (TPSA) is 54.0 Å². The van der Waals surface area contributed by atoms with Crippen molar-refractivity contribution < 1.29 is 4.79 Å². The number of hydrogen-bond acceptors (Lipinski definition) is 4. The average Bonchev–Trinajstić information content (AvgIpc) is 2.91. The van der Waals surface area contributed by atoms with E-state index in [1.165, 1.54) is 11.3 Å². The summed E-state index contributed by atoms with van der Waals surface area (Å²) >= 11 is 7.34. The number of aryl methyl sites for hydroxylation is 1. The minimum Gasteiger partial charge on any atom is -0.348 e. The van der Waals surface area contributed by atoms with Gasteiger partial charge in [0.2, 0.25) is 0 Å². The zero-order valence-electron chi connectivity index (χ0n) is 12.4. The van der Waals surface area contributed by atoms with E-state index < -0.39 is 0 Å². The van der Waals surface area contributed by atoms with Crippen molar-refractivity contribution in [3.8, 4) is 10.6 Å². The van der Waals surface area contributed by atoms with Crippen LogP contribution >= 0.6 is 22.9 Å². The second kappa shape index (κ2) is 6.77. The molecule has 6 heteroatoms. The molecule has 1 aliphatic rings. The number of carbonyl (C=O) groups is 1. The number of amides is 1. The largest absolute Gasteiger partial charge is 0.348 e. The molecule has 1 aromatic heterocycles. The molecule has 0 radical (unpaired) electrons. The van der Waals surface area contributed by atoms with Gasteiger partial charge in [0.05, 0.1) is 5.69 Å². The number of aromatic nitrogens is 1. The van der Waals surface area contributed by atoms with Crippen LogP contribution in [-0.2, 0) is 0 Å².